The van der Waals surface area contributed by atoms with Gasteiger partial charge in [-0.05, 0) is 67.9 Å². The topological polar surface area (TPSA) is 41.1 Å². The molecule has 0 aromatic heterocycles. The lowest BCUT2D eigenvalue weighted by Gasteiger charge is -2.43. The Bertz CT molecular complexity index is 382. The van der Waals surface area contributed by atoms with E-state index in [0.717, 1.165) is 38.3 Å². The molecule has 3 unspecified atom stereocenters. The minimum atomic E-state index is 0.275. The molecule has 3 rings (SSSR count). The third kappa shape index (κ3) is 2.38. The number of fused-ring (bicyclic) bond motifs is 2. The third-order valence-electron chi connectivity index (χ3n) is 6.51. The summed E-state index contributed by atoms with van der Waals surface area (Å²) in [6.45, 7) is 9.26. The summed E-state index contributed by atoms with van der Waals surface area (Å²) >= 11 is 0. The van der Waals surface area contributed by atoms with Crippen LogP contribution in [0.15, 0.2) is 0 Å². The van der Waals surface area contributed by atoms with Crippen molar-refractivity contribution < 1.29 is 4.79 Å². The highest BCUT2D eigenvalue weighted by atomic mass is 16.1. The van der Waals surface area contributed by atoms with Crippen LogP contribution in [0.2, 0.25) is 0 Å². The van der Waals surface area contributed by atoms with E-state index >= 15 is 0 Å². The standard InChI is InChI=1S/C17H30N2O/c1-16(2)13-4-7-17(3,11-13)15(16)19-14(20)10-12-5-8-18-9-6-12/h12-13,15,18H,4-11H2,1-3H3,(H,19,20). The summed E-state index contributed by atoms with van der Waals surface area (Å²) in [6.07, 6.45) is 6.99. The summed E-state index contributed by atoms with van der Waals surface area (Å²) in [6, 6.07) is 0.378. The fourth-order valence-electron chi connectivity index (χ4n) is 5.23. The molecule has 2 N–H and O–H groups in total. The average molecular weight is 278 g/mol. The molecule has 3 heteroatoms. The first-order chi connectivity index (χ1) is 9.42. The Morgan fingerprint density at radius 2 is 1.90 bits per heavy atom. The van der Waals surface area contributed by atoms with Crippen molar-refractivity contribution in [2.45, 2.75) is 65.3 Å². The first kappa shape index (κ1) is 14.4. The maximum atomic E-state index is 12.4. The van der Waals surface area contributed by atoms with Crippen LogP contribution in [-0.2, 0) is 4.79 Å². The maximum absolute atomic E-state index is 12.4. The van der Waals surface area contributed by atoms with Gasteiger partial charge in [-0.1, -0.05) is 20.8 Å². The van der Waals surface area contributed by atoms with Gasteiger partial charge in [0.25, 0.3) is 0 Å². The van der Waals surface area contributed by atoms with E-state index in [0.29, 0.717) is 23.3 Å². The van der Waals surface area contributed by atoms with Gasteiger partial charge in [0.15, 0.2) is 0 Å². The second-order valence-electron chi connectivity index (χ2n) is 8.31. The highest BCUT2D eigenvalue weighted by molar-refractivity contribution is 5.76. The highest BCUT2D eigenvalue weighted by Crippen LogP contribution is 2.62. The van der Waals surface area contributed by atoms with Crippen LogP contribution in [0.1, 0.15) is 59.3 Å². The molecule has 0 radical (unpaired) electrons. The summed E-state index contributed by atoms with van der Waals surface area (Å²) in [4.78, 5) is 12.4. The van der Waals surface area contributed by atoms with Crippen molar-refractivity contribution in [3.8, 4) is 0 Å². The number of nitrogens with one attached hydrogen (secondary N) is 2. The van der Waals surface area contributed by atoms with Crippen LogP contribution in [-0.4, -0.2) is 25.0 Å². The number of carbonyl (C=O) groups is 1. The lowest BCUT2D eigenvalue weighted by Crippen LogP contribution is -2.52. The van der Waals surface area contributed by atoms with Crippen molar-refractivity contribution in [1.29, 1.82) is 0 Å². The lowest BCUT2D eigenvalue weighted by molar-refractivity contribution is -0.125. The van der Waals surface area contributed by atoms with E-state index in [1.807, 2.05) is 0 Å². The molecule has 0 aromatic rings. The van der Waals surface area contributed by atoms with E-state index in [1.165, 1.54) is 19.3 Å². The van der Waals surface area contributed by atoms with Gasteiger partial charge in [0, 0.05) is 12.5 Å². The minimum Gasteiger partial charge on any atom is -0.352 e. The van der Waals surface area contributed by atoms with Crippen LogP contribution < -0.4 is 10.6 Å². The van der Waals surface area contributed by atoms with Crippen molar-refractivity contribution in [3.05, 3.63) is 0 Å². The minimum absolute atomic E-state index is 0.275. The molecule has 3 fully saturated rings. The summed E-state index contributed by atoms with van der Waals surface area (Å²) < 4.78 is 0. The van der Waals surface area contributed by atoms with Gasteiger partial charge in [0.2, 0.25) is 5.91 Å². The largest absolute Gasteiger partial charge is 0.352 e. The molecule has 2 bridgehead atoms. The van der Waals surface area contributed by atoms with Crippen LogP contribution in [0.4, 0.5) is 0 Å². The molecule has 1 saturated heterocycles. The molecular weight excluding hydrogens is 248 g/mol. The van der Waals surface area contributed by atoms with Gasteiger partial charge in [-0.25, -0.2) is 0 Å². The van der Waals surface area contributed by atoms with Crippen LogP contribution >= 0.6 is 0 Å². The van der Waals surface area contributed by atoms with Crippen LogP contribution in [0, 0.1) is 22.7 Å². The second kappa shape index (κ2) is 5.01. The molecule has 3 nitrogen and oxygen atoms in total. The molecule has 0 spiro atoms. The average Bonchev–Trinajstić information content (AvgIpc) is 2.87. The van der Waals surface area contributed by atoms with Crippen molar-refractivity contribution in [2.75, 3.05) is 13.1 Å². The fourth-order valence-corrected chi connectivity index (χ4v) is 5.23. The number of amides is 1. The van der Waals surface area contributed by atoms with Gasteiger partial charge in [0.05, 0.1) is 0 Å². The molecule has 1 amide bonds. The zero-order valence-electron chi connectivity index (χ0n) is 13.3. The van der Waals surface area contributed by atoms with Crippen LogP contribution in [0.5, 0.6) is 0 Å². The Balaban J connectivity index is 1.60. The van der Waals surface area contributed by atoms with Gasteiger partial charge in [0.1, 0.15) is 0 Å². The maximum Gasteiger partial charge on any atom is 0.220 e. The second-order valence-corrected chi connectivity index (χ2v) is 8.31. The Morgan fingerprint density at radius 1 is 1.20 bits per heavy atom. The Kier molecular flexibility index (Phi) is 3.60. The highest BCUT2D eigenvalue weighted by Gasteiger charge is 2.59. The SMILES string of the molecule is CC12CCC(C1)C(C)(C)C2NC(=O)CC1CCNCC1. The van der Waals surface area contributed by atoms with Gasteiger partial charge >= 0.3 is 0 Å². The molecule has 114 valence electrons. The molecule has 20 heavy (non-hydrogen) atoms. The molecule has 3 atom stereocenters. The third-order valence-corrected chi connectivity index (χ3v) is 6.51. The summed E-state index contributed by atoms with van der Waals surface area (Å²) in [7, 11) is 0. The number of piperidine rings is 1. The van der Waals surface area contributed by atoms with Crippen LogP contribution in [0.25, 0.3) is 0 Å². The first-order valence-electron chi connectivity index (χ1n) is 8.42. The van der Waals surface area contributed by atoms with E-state index < -0.39 is 0 Å². The van der Waals surface area contributed by atoms with E-state index in [2.05, 4.69) is 31.4 Å². The number of hydrogen-bond acceptors (Lipinski definition) is 2. The molecule has 3 aliphatic rings. The summed E-state index contributed by atoms with van der Waals surface area (Å²) in [5.74, 6) is 1.69. The van der Waals surface area contributed by atoms with Crippen molar-refractivity contribution in [2.24, 2.45) is 22.7 Å². The Morgan fingerprint density at radius 3 is 2.50 bits per heavy atom. The first-order valence-corrected chi connectivity index (χ1v) is 8.42. The zero-order chi connectivity index (χ0) is 14.4. The van der Waals surface area contributed by atoms with E-state index in [-0.39, 0.29) is 5.41 Å². The van der Waals surface area contributed by atoms with E-state index in [4.69, 9.17) is 0 Å². The van der Waals surface area contributed by atoms with Crippen LogP contribution in [0.3, 0.4) is 0 Å². The van der Waals surface area contributed by atoms with E-state index in [1.54, 1.807) is 0 Å². The van der Waals surface area contributed by atoms with Gasteiger partial charge in [-0.2, -0.15) is 0 Å². The molecular formula is C17H30N2O. The monoisotopic (exact) mass is 278 g/mol. The fraction of sp³-hybridized carbons (Fsp3) is 0.941. The van der Waals surface area contributed by atoms with Crippen molar-refractivity contribution >= 4 is 5.91 Å². The van der Waals surface area contributed by atoms with Crippen molar-refractivity contribution in [1.82, 2.24) is 10.6 Å². The predicted molar refractivity (Wildman–Crippen MR) is 81.4 cm³/mol. The van der Waals surface area contributed by atoms with Gasteiger partial charge in [-0.15, -0.1) is 0 Å². The zero-order valence-corrected chi connectivity index (χ0v) is 13.3. The smallest absolute Gasteiger partial charge is 0.220 e. The molecule has 2 saturated carbocycles. The predicted octanol–water partition coefficient (Wildman–Crippen LogP) is 2.71. The Labute approximate surface area is 123 Å². The normalized spacial score (nSPS) is 40.0. The van der Waals surface area contributed by atoms with Gasteiger partial charge in [-0.3, -0.25) is 4.79 Å². The molecule has 1 aliphatic heterocycles. The lowest BCUT2D eigenvalue weighted by atomic mass is 9.68. The molecule has 2 aliphatic carbocycles. The summed E-state index contributed by atoms with van der Waals surface area (Å²) in [5, 5.41) is 6.80. The van der Waals surface area contributed by atoms with E-state index in [9.17, 15) is 4.79 Å². The quantitative estimate of drug-likeness (QED) is 0.833. The Hall–Kier alpha value is -0.570. The van der Waals surface area contributed by atoms with Gasteiger partial charge < -0.3 is 10.6 Å². The summed E-state index contributed by atoms with van der Waals surface area (Å²) in [5.41, 5.74) is 0.620. The number of hydrogen-bond donors (Lipinski definition) is 2. The molecule has 0 aromatic carbocycles. The van der Waals surface area contributed by atoms with Crippen molar-refractivity contribution in [3.63, 3.8) is 0 Å². The number of carbonyl (C=O) groups excluding carboxylic acids is 1. The molecule has 1 heterocycles. The number of rotatable bonds is 3.